The maximum absolute atomic E-state index is 11.1. The van der Waals surface area contributed by atoms with Gasteiger partial charge in [0.1, 0.15) is 31.1 Å². The van der Waals surface area contributed by atoms with Crippen LogP contribution in [0.5, 0.6) is 17.2 Å². The Kier molecular flexibility index (Phi) is 7.19. The van der Waals surface area contributed by atoms with Gasteiger partial charge in [0.15, 0.2) is 11.5 Å². The molecule has 0 bridgehead atoms. The third kappa shape index (κ3) is 5.48. The molecule has 3 aromatic rings. The zero-order valence-corrected chi connectivity index (χ0v) is 19.3. The van der Waals surface area contributed by atoms with E-state index >= 15 is 0 Å². The molecule has 0 atom stereocenters. The van der Waals surface area contributed by atoms with Crippen LogP contribution >= 0.6 is 11.8 Å². The third-order valence-corrected chi connectivity index (χ3v) is 6.06. The predicted molar refractivity (Wildman–Crippen MR) is 127 cm³/mol. The van der Waals surface area contributed by atoms with Gasteiger partial charge in [-0.2, -0.15) is 0 Å². The molecule has 172 valence electrons. The molecular formula is C24H25N3O5S. The monoisotopic (exact) mass is 467 g/mol. The van der Waals surface area contributed by atoms with Crippen molar-refractivity contribution in [3.05, 3.63) is 53.9 Å². The number of hydrogen-bond acceptors (Lipinski definition) is 8. The molecule has 33 heavy (non-hydrogen) atoms. The molecule has 0 aliphatic carbocycles. The van der Waals surface area contributed by atoms with Gasteiger partial charge in [0.05, 0.1) is 19.2 Å². The summed E-state index contributed by atoms with van der Waals surface area (Å²) in [5.74, 6) is 2.06. The second-order valence-electron chi connectivity index (χ2n) is 7.37. The zero-order chi connectivity index (χ0) is 23.2. The molecule has 2 N–H and O–H groups in total. The van der Waals surface area contributed by atoms with Crippen LogP contribution in [-0.2, 0) is 17.6 Å². The quantitative estimate of drug-likeness (QED) is 0.453. The number of nitrogens with one attached hydrogen (secondary N) is 1. The summed E-state index contributed by atoms with van der Waals surface area (Å²) >= 11 is 1.52. The van der Waals surface area contributed by atoms with Crippen molar-refractivity contribution >= 4 is 23.5 Å². The number of thioether (sulfide) groups is 1. The summed E-state index contributed by atoms with van der Waals surface area (Å²) in [7, 11) is 1.64. The molecular weight excluding hydrogens is 442 g/mol. The number of carboxylic acids is 1. The molecule has 2 aromatic carbocycles. The summed E-state index contributed by atoms with van der Waals surface area (Å²) in [6.45, 7) is 1.71. The fourth-order valence-corrected chi connectivity index (χ4v) is 4.29. The van der Waals surface area contributed by atoms with Crippen molar-refractivity contribution < 1.29 is 24.1 Å². The van der Waals surface area contributed by atoms with Gasteiger partial charge >= 0.3 is 5.97 Å². The normalized spacial score (nSPS) is 12.3. The molecule has 0 unspecified atom stereocenters. The molecule has 1 aromatic heterocycles. The van der Waals surface area contributed by atoms with Gasteiger partial charge < -0.3 is 24.6 Å². The molecule has 0 saturated carbocycles. The Morgan fingerprint density at radius 1 is 1.12 bits per heavy atom. The molecule has 8 nitrogen and oxygen atoms in total. The molecule has 2 heterocycles. The average molecular weight is 468 g/mol. The molecule has 0 saturated heterocycles. The van der Waals surface area contributed by atoms with Gasteiger partial charge in [-0.3, -0.25) is 4.79 Å². The third-order valence-electron chi connectivity index (χ3n) is 5.24. The van der Waals surface area contributed by atoms with Crippen LogP contribution in [-0.4, -0.2) is 54.2 Å². The highest BCUT2D eigenvalue weighted by Crippen LogP contribution is 2.37. The first-order valence-electron chi connectivity index (χ1n) is 10.5. The lowest BCUT2D eigenvalue weighted by atomic mass is 10.1. The standard InChI is InChI=1S/C24H25N3O5S/c1-30-19-13-21-20(31-7-8-32-21)9-16(19)5-6-25-23-12-18(26-14-27-23)15-3-4-17(11-24(28)29)22(10-15)33-2/h3-4,9-10,12-14H,5-8,11H2,1-2H3,(H,28,29)(H,25,26,27). The van der Waals surface area contributed by atoms with Crippen molar-refractivity contribution in [2.24, 2.45) is 0 Å². The number of anilines is 1. The van der Waals surface area contributed by atoms with Crippen LogP contribution in [0.2, 0.25) is 0 Å². The van der Waals surface area contributed by atoms with Crippen LogP contribution in [0, 0.1) is 0 Å². The minimum atomic E-state index is -0.846. The van der Waals surface area contributed by atoms with Crippen molar-refractivity contribution in [2.45, 2.75) is 17.7 Å². The van der Waals surface area contributed by atoms with E-state index in [1.54, 1.807) is 7.11 Å². The molecule has 9 heteroatoms. The topological polar surface area (TPSA) is 103 Å². The number of hydrogen-bond donors (Lipinski definition) is 2. The van der Waals surface area contributed by atoms with Crippen LogP contribution in [0.1, 0.15) is 11.1 Å². The van der Waals surface area contributed by atoms with Crippen molar-refractivity contribution in [2.75, 3.05) is 38.4 Å². The molecule has 0 radical (unpaired) electrons. The maximum Gasteiger partial charge on any atom is 0.307 e. The fraction of sp³-hybridized carbons (Fsp3) is 0.292. The van der Waals surface area contributed by atoms with E-state index in [0.717, 1.165) is 38.8 Å². The van der Waals surface area contributed by atoms with Crippen LogP contribution < -0.4 is 19.5 Å². The molecule has 1 aliphatic heterocycles. The summed E-state index contributed by atoms with van der Waals surface area (Å²) in [6.07, 6.45) is 4.16. The number of rotatable bonds is 9. The lowest BCUT2D eigenvalue weighted by Crippen LogP contribution is -2.16. The number of carboxylic acid groups (broad SMARTS) is 1. The summed E-state index contributed by atoms with van der Waals surface area (Å²) in [4.78, 5) is 20.7. The SMILES string of the molecule is COc1cc2c(cc1CCNc1cc(-c3ccc(CC(=O)O)c(SC)c3)ncn1)OCCO2. The van der Waals surface area contributed by atoms with E-state index in [2.05, 4.69) is 15.3 Å². The molecule has 4 rings (SSSR count). The van der Waals surface area contributed by atoms with E-state index in [1.165, 1.54) is 18.1 Å². The van der Waals surface area contributed by atoms with Crippen molar-refractivity contribution in [3.63, 3.8) is 0 Å². The van der Waals surface area contributed by atoms with E-state index in [4.69, 9.17) is 19.3 Å². The zero-order valence-electron chi connectivity index (χ0n) is 18.5. The molecule has 1 aliphatic rings. The largest absolute Gasteiger partial charge is 0.496 e. The fourth-order valence-electron chi connectivity index (χ4n) is 3.65. The van der Waals surface area contributed by atoms with Crippen LogP contribution in [0.3, 0.4) is 0 Å². The lowest BCUT2D eigenvalue weighted by Gasteiger charge is -2.20. The Labute approximate surface area is 196 Å². The first-order chi connectivity index (χ1) is 16.1. The average Bonchev–Trinajstić information content (AvgIpc) is 2.83. The lowest BCUT2D eigenvalue weighted by molar-refractivity contribution is -0.136. The van der Waals surface area contributed by atoms with Gasteiger partial charge in [0, 0.05) is 29.1 Å². The Morgan fingerprint density at radius 3 is 2.64 bits per heavy atom. The Bertz CT molecular complexity index is 1150. The summed E-state index contributed by atoms with van der Waals surface area (Å²) in [5.41, 5.74) is 3.48. The van der Waals surface area contributed by atoms with Crippen LogP contribution in [0.25, 0.3) is 11.3 Å². The number of carbonyl (C=O) groups is 1. The van der Waals surface area contributed by atoms with E-state index < -0.39 is 5.97 Å². The van der Waals surface area contributed by atoms with Crippen molar-refractivity contribution in [1.82, 2.24) is 9.97 Å². The molecule has 0 spiro atoms. The second kappa shape index (κ2) is 10.4. The Hall–Kier alpha value is -3.46. The van der Waals surface area contributed by atoms with Gasteiger partial charge in [-0.25, -0.2) is 9.97 Å². The van der Waals surface area contributed by atoms with Gasteiger partial charge in [0.25, 0.3) is 0 Å². The number of aromatic nitrogens is 2. The highest BCUT2D eigenvalue weighted by atomic mass is 32.2. The van der Waals surface area contributed by atoms with Crippen LogP contribution in [0.4, 0.5) is 5.82 Å². The van der Waals surface area contributed by atoms with E-state index in [9.17, 15) is 4.79 Å². The number of aliphatic carboxylic acids is 1. The van der Waals surface area contributed by atoms with Gasteiger partial charge in [-0.15, -0.1) is 11.8 Å². The minimum absolute atomic E-state index is 0.00362. The summed E-state index contributed by atoms with van der Waals surface area (Å²) in [6, 6.07) is 11.4. The van der Waals surface area contributed by atoms with E-state index in [0.29, 0.717) is 37.7 Å². The highest BCUT2D eigenvalue weighted by Gasteiger charge is 2.16. The Morgan fingerprint density at radius 2 is 1.91 bits per heavy atom. The number of nitrogens with zero attached hydrogens (tertiary/aromatic N) is 2. The number of benzene rings is 2. The highest BCUT2D eigenvalue weighted by molar-refractivity contribution is 7.98. The molecule has 0 amide bonds. The summed E-state index contributed by atoms with van der Waals surface area (Å²) in [5, 5.41) is 12.4. The van der Waals surface area contributed by atoms with Gasteiger partial charge in [-0.1, -0.05) is 12.1 Å². The Balaban J connectivity index is 1.46. The van der Waals surface area contributed by atoms with Crippen molar-refractivity contribution in [1.29, 1.82) is 0 Å². The maximum atomic E-state index is 11.1. The molecule has 0 fully saturated rings. The number of ether oxygens (including phenoxy) is 3. The van der Waals surface area contributed by atoms with Gasteiger partial charge in [-0.05, 0) is 35.9 Å². The number of methoxy groups -OCH3 is 1. The first-order valence-corrected chi connectivity index (χ1v) is 11.7. The predicted octanol–water partition coefficient (Wildman–Crippen LogP) is 3.93. The number of fused-ring (bicyclic) bond motifs is 1. The smallest absolute Gasteiger partial charge is 0.307 e. The van der Waals surface area contributed by atoms with Crippen molar-refractivity contribution in [3.8, 4) is 28.5 Å². The minimum Gasteiger partial charge on any atom is -0.496 e. The second-order valence-corrected chi connectivity index (χ2v) is 8.22. The van der Waals surface area contributed by atoms with Crippen LogP contribution in [0.15, 0.2) is 47.6 Å². The van der Waals surface area contributed by atoms with E-state index in [1.807, 2.05) is 42.7 Å². The first kappa shape index (κ1) is 22.7. The van der Waals surface area contributed by atoms with Gasteiger partial charge in [0.2, 0.25) is 0 Å². The van der Waals surface area contributed by atoms with E-state index in [-0.39, 0.29) is 6.42 Å². The summed E-state index contributed by atoms with van der Waals surface area (Å²) < 4.78 is 16.8.